The van der Waals surface area contributed by atoms with Crippen LogP contribution in [0.4, 0.5) is 5.95 Å². The fraction of sp³-hybridized carbons (Fsp3) is 0.769. The molecule has 1 rings (SSSR count). The molecule has 1 atom stereocenters. The van der Waals surface area contributed by atoms with Crippen molar-refractivity contribution in [2.24, 2.45) is 13.0 Å². The SMILES string of the molecule is CCCC[C@H](C)C(=O)Nc1nc(C(C)C)nn1C. The molecule has 0 spiro atoms. The lowest BCUT2D eigenvalue weighted by atomic mass is 10.0. The number of nitrogens with one attached hydrogen (secondary N) is 1. The zero-order valence-electron chi connectivity index (χ0n) is 12.0. The van der Waals surface area contributed by atoms with Gasteiger partial charge in [-0.2, -0.15) is 10.1 Å². The molecule has 0 aromatic carbocycles. The van der Waals surface area contributed by atoms with E-state index in [-0.39, 0.29) is 17.7 Å². The van der Waals surface area contributed by atoms with Crippen molar-refractivity contribution in [3.63, 3.8) is 0 Å². The molecule has 18 heavy (non-hydrogen) atoms. The van der Waals surface area contributed by atoms with E-state index < -0.39 is 0 Å². The molecule has 1 heterocycles. The third-order valence-corrected chi connectivity index (χ3v) is 2.97. The normalized spacial score (nSPS) is 12.8. The molecule has 5 heteroatoms. The van der Waals surface area contributed by atoms with Gasteiger partial charge in [0.1, 0.15) is 0 Å². The number of carbonyl (C=O) groups is 1. The Morgan fingerprint density at radius 2 is 2.06 bits per heavy atom. The summed E-state index contributed by atoms with van der Waals surface area (Å²) in [5.41, 5.74) is 0. The zero-order valence-corrected chi connectivity index (χ0v) is 12.0. The third-order valence-electron chi connectivity index (χ3n) is 2.97. The lowest BCUT2D eigenvalue weighted by molar-refractivity contribution is -0.119. The van der Waals surface area contributed by atoms with Crippen LogP contribution in [0.15, 0.2) is 0 Å². The molecule has 0 aliphatic heterocycles. The Bertz CT molecular complexity index is 398. The summed E-state index contributed by atoms with van der Waals surface area (Å²) in [6, 6.07) is 0. The number of aryl methyl sites for hydroxylation is 1. The van der Waals surface area contributed by atoms with E-state index in [2.05, 4.69) is 22.3 Å². The maximum Gasteiger partial charge on any atom is 0.229 e. The number of aromatic nitrogens is 3. The molecule has 1 aromatic heterocycles. The summed E-state index contributed by atoms with van der Waals surface area (Å²) >= 11 is 0. The molecule has 1 aromatic rings. The smallest absolute Gasteiger partial charge is 0.229 e. The van der Waals surface area contributed by atoms with Gasteiger partial charge in [0, 0.05) is 18.9 Å². The van der Waals surface area contributed by atoms with Crippen molar-refractivity contribution in [1.82, 2.24) is 14.8 Å². The summed E-state index contributed by atoms with van der Waals surface area (Å²) in [5, 5.41) is 7.12. The van der Waals surface area contributed by atoms with Crippen LogP contribution in [-0.4, -0.2) is 20.7 Å². The number of carbonyl (C=O) groups excluding carboxylic acids is 1. The Hall–Kier alpha value is -1.39. The van der Waals surface area contributed by atoms with Crippen molar-refractivity contribution in [3.8, 4) is 0 Å². The fourth-order valence-corrected chi connectivity index (χ4v) is 1.63. The van der Waals surface area contributed by atoms with E-state index in [0.29, 0.717) is 5.95 Å². The average Bonchev–Trinajstić information content (AvgIpc) is 2.68. The highest BCUT2D eigenvalue weighted by molar-refractivity contribution is 5.90. The monoisotopic (exact) mass is 252 g/mol. The average molecular weight is 252 g/mol. The lowest BCUT2D eigenvalue weighted by Gasteiger charge is -2.10. The number of hydrogen-bond acceptors (Lipinski definition) is 3. The number of amides is 1. The maximum atomic E-state index is 12.0. The molecular weight excluding hydrogens is 228 g/mol. The molecule has 5 nitrogen and oxygen atoms in total. The summed E-state index contributed by atoms with van der Waals surface area (Å²) in [6.45, 7) is 8.14. The van der Waals surface area contributed by atoms with E-state index in [0.717, 1.165) is 25.1 Å². The third kappa shape index (κ3) is 3.82. The molecule has 0 bridgehead atoms. The van der Waals surface area contributed by atoms with E-state index in [9.17, 15) is 4.79 Å². The van der Waals surface area contributed by atoms with Crippen molar-refractivity contribution in [2.45, 2.75) is 52.9 Å². The molecule has 1 amide bonds. The van der Waals surface area contributed by atoms with Crippen molar-refractivity contribution in [2.75, 3.05) is 5.32 Å². The molecule has 102 valence electrons. The van der Waals surface area contributed by atoms with Crippen LogP contribution in [-0.2, 0) is 11.8 Å². The maximum absolute atomic E-state index is 12.0. The van der Waals surface area contributed by atoms with Crippen molar-refractivity contribution in [1.29, 1.82) is 0 Å². The van der Waals surface area contributed by atoms with Crippen molar-refractivity contribution < 1.29 is 4.79 Å². The predicted octanol–water partition coefficient (Wildman–Crippen LogP) is 2.70. The molecule has 0 aliphatic rings. The summed E-state index contributed by atoms with van der Waals surface area (Å²) in [5.74, 6) is 1.60. The molecule has 0 saturated heterocycles. The van der Waals surface area contributed by atoms with Gasteiger partial charge in [0.2, 0.25) is 11.9 Å². The quantitative estimate of drug-likeness (QED) is 0.846. The first-order valence-corrected chi connectivity index (χ1v) is 6.67. The molecule has 0 radical (unpaired) electrons. The summed E-state index contributed by atoms with van der Waals surface area (Å²) in [4.78, 5) is 16.3. The molecule has 0 fully saturated rings. The van der Waals surface area contributed by atoms with Crippen LogP contribution in [0.3, 0.4) is 0 Å². The first-order valence-electron chi connectivity index (χ1n) is 6.67. The molecular formula is C13H24N4O. The van der Waals surface area contributed by atoms with Gasteiger partial charge in [-0.3, -0.25) is 10.1 Å². The van der Waals surface area contributed by atoms with E-state index in [1.807, 2.05) is 20.8 Å². The minimum absolute atomic E-state index is 0.0177. The Morgan fingerprint density at radius 1 is 1.39 bits per heavy atom. The largest absolute Gasteiger partial charge is 0.295 e. The number of unbranched alkanes of at least 4 members (excludes halogenated alkanes) is 1. The van der Waals surface area contributed by atoms with Crippen molar-refractivity contribution in [3.05, 3.63) is 5.82 Å². The fourth-order valence-electron chi connectivity index (χ4n) is 1.63. The van der Waals surface area contributed by atoms with Crippen LogP contribution >= 0.6 is 0 Å². The van der Waals surface area contributed by atoms with Gasteiger partial charge in [0.15, 0.2) is 5.82 Å². The van der Waals surface area contributed by atoms with Gasteiger partial charge in [-0.15, -0.1) is 0 Å². The second-order valence-electron chi connectivity index (χ2n) is 5.10. The summed E-state index contributed by atoms with van der Waals surface area (Å²) in [7, 11) is 1.80. The van der Waals surface area contributed by atoms with Crippen LogP contribution < -0.4 is 5.32 Å². The topological polar surface area (TPSA) is 59.8 Å². The predicted molar refractivity (Wildman–Crippen MR) is 72.4 cm³/mol. The summed E-state index contributed by atoms with van der Waals surface area (Å²) < 4.78 is 1.62. The number of hydrogen-bond donors (Lipinski definition) is 1. The van der Waals surface area contributed by atoms with E-state index >= 15 is 0 Å². The minimum Gasteiger partial charge on any atom is -0.295 e. The highest BCUT2D eigenvalue weighted by atomic mass is 16.2. The van der Waals surface area contributed by atoms with Gasteiger partial charge in [-0.1, -0.05) is 40.5 Å². The van der Waals surface area contributed by atoms with Crippen LogP contribution in [0, 0.1) is 5.92 Å². The Morgan fingerprint density at radius 3 is 2.56 bits per heavy atom. The van der Waals surface area contributed by atoms with Crippen molar-refractivity contribution >= 4 is 11.9 Å². The highest BCUT2D eigenvalue weighted by Gasteiger charge is 2.16. The molecule has 1 N–H and O–H groups in total. The van der Waals surface area contributed by atoms with Gasteiger partial charge < -0.3 is 0 Å². The molecule has 0 unspecified atom stereocenters. The van der Waals surface area contributed by atoms with Gasteiger partial charge in [0.05, 0.1) is 0 Å². The molecule has 0 aliphatic carbocycles. The van der Waals surface area contributed by atoms with Crippen LogP contribution in [0.25, 0.3) is 0 Å². The first kappa shape index (κ1) is 14.7. The standard InChI is InChI=1S/C13H24N4O/c1-6-7-8-10(4)12(18)15-13-14-11(9(2)3)16-17(13)5/h9-10H,6-8H2,1-5H3,(H,14,15,16,18)/t10-/m0/s1. The molecule has 0 saturated carbocycles. The van der Waals surface area contributed by atoms with Gasteiger partial charge in [-0.05, 0) is 6.42 Å². The van der Waals surface area contributed by atoms with Crippen LogP contribution in [0.2, 0.25) is 0 Å². The number of nitrogens with zero attached hydrogens (tertiary/aromatic N) is 3. The van der Waals surface area contributed by atoms with E-state index in [4.69, 9.17) is 0 Å². The highest BCUT2D eigenvalue weighted by Crippen LogP contribution is 2.14. The van der Waals surface area contributed by atoms with Gasteiger partial charge in [0.25, 0.3) is 0 Å². The second kappa shape index (κ2) is 6.52. The van der Waals surface area contributed by atoms with E-state index in [1.165, 1.54) is 0 Å². The van der Waals surface area contributed by atoms with Gasteiger partial charge >= 0.3 is 0 Å². The number of rotatable bonds is 6. The number of anilines is 1. The second-order valence-corrected chi connectivity index (χ2v) is 5.10. The Labute approximate surface area is 109 Å². The first-order chi connectivity index (χ1) is 8.45. The summed E-state index contributed by atoms with van der Waals surface area (Å²) in [6.07, 6.45) is 3.10. The Kier molecular flexibility index (Phi) is 5.31. The Balaban J connectivity index is 2.64. The van der Waals surface area contributed by atoms with E-state index in [1.54, 1.807) is 11.7 Å². The van der Waals surface area contributed by atoms with Crippen LogP contribution in [0.1, 0.15) is 58.7 Å². The van der Waals surface area contributed by atoms with Gasteiger partial charge in [-0.25, -0.2) is 4.68 Å². The minimum atomic E-state index is 0.0177. The zero-order chi connectivity index (χ0) is 13.7. The lowest BCUT2D eigenvalue weighted by Crippen LogP contribution is -2.22. The van der Waals surface area contributed by atoms with Crippen LogP contribution in [0.5, 0.6) is 0 Å².